The van der Waals surface area contributed by atoms with Crippen LogP contribution in [0.15, 0.2) is 24.3 Å². The number of benzene rings is 1. The predicted octanol–water partition coefficient (Wildman–Crippen LogP) is 4.44. The number of hydrogen-bond donors (Lipinski definition) is 2. The Hall–Kier alpha value is -1.51. The molecule has 4 aliphatic rings. The van der Waals surface area contributed by atoms with Gasteiger partial charge in [-0.05, 0) is 87.5 Å². The van der Waals surface area contributed by atoms with E-state index in [9.17, 15) is 4.79 Å². The summed E-state index contributed by atoms with van der Waals surface area (Å²) in [6.07, 6.45) is 9.26. The number of carbonyl (C=O) groups excluding carboxylic acids is 1. The van der Waals surface area contributed by atoms with Crippen molar-refractivity contribution in [2.45, 2.75) is 64.8 Å². The summed E-state index contributed by atoms with van der Waals surface area (Å²) >= 11 is 0. The Morgan fingerprint density at radius 3 is 2.20 bits per heavy atom. The quantitative estimate of drug-likeness (QED) is 0.817. The van der Waals surface area contributed by atoms with Gasteiger partial charge in [0.25, 0.3) is 0 Å². The zero-order valence-corrected chi connectivity index (χ0v) is 15.7. The maximum atomic E-state index is 12.4. The maximum Gasteiger partial charge on any atom is 0.315 e. The molecule has 4 saturated carbocycles. The summed E-state index contributed by atoms with van der Waals surface area (Å²) < 4.78 is 0. The number of carbonyl (C=O) groups is 1. The summed E-state index contributed by atoms with van der Waals surface area (Å²) in [4.78, 5) is 12.4. The van der Waals surface area contributed by atoms with Gasteiger partial charge in [-0.1, -0.05) is 29.8 Å². The zero-order valence-electron chi connectivity index (χ0n) is 15.7. The van der Waals surface area contributed by atoms with Crippen LogP contribution in [-0.2, 0) is 6.42 Å². The zero-order chi connectivity index (χ0) is 17.4. The minimum Gasteiger partial charge on any atom is -0.338 e. The van der Waals surface area contributed by atoms with Crippen molar-refractivity contribution in [3.8, 4) is 0 Å². The van der Waals surface area contributed by atoms with E-state index in [1.807, 2.05) is 0 Å². The van der Waals surface area contributed by atoms with Gasteiger partial charge < -0.3 is 10.6 Å². The van der Waals surface area contributed by atoms with Gasteiger partial charge in [0.15, 0.2) is 0 Å². The highest BCUT2D eigenvalue weighted by Crippen LogP contribution is 2.61. The number of amides is 2. The third kappa shape index (κ3) is 3.56. The van der Waals surface area contributed by atoms with Crippen molar-refractivity contribution in [3.05, 3.63) is 35.4 Å². The van der Waals surface area contributed by atoms with Crippen molar-refractivity contribution in [1.82, 2.24) is 10.6 Å². The highest BCUT2D eigenvalue weighted by atomic mass is 16.2. The molecule has 1 aromatic carbocycles. The third-order valence-electron chi connectivity index (χ3n) is 7.17. The number of aryl methyl sites for hydroxylation is 1. The molecule has 1 unspecified atom stereocenters. The Bertz CT molecular complexity index is 586. The molecule has 4 fully saturated rings. The second-order valence-corrected chi connectivity index (χ2v) is 9.14. The van der Waals surface area contributed by atoms with Crippen molar-refractivity contribution in [3.63, 3.8) is 0 Å². The van der Waals surface area contributed by atoms with Gasteiger partial charge in [-0.2, -0.15) is 0 Å². The van der Waals surface area contributed by atoms with Gasteiger partial charge in [0.1, 0.15) is 0 Å². The Morgan fingerprint density at radius 1 is 1.08 bits per heavy atom. The maximum absolute atomic E-state index is 12.4. The van der Waals surface area contributed by atoms with E-state index in [1.165, 1.54) is 49.7 Å². The standard InChI is InChI=1S/C22H32N2O/c1-15-3-5-17(6-4-15)7-8-23-21(25)24-16(2)22-12-18-9-19(13-22)11-20(10-18)14-22/h3-6,16,18-20H,7-14H2,1-2H3,(H2,23,24,25). The molecule has 0 saturated heterocycles. The fraction of sp³-hybridized carbons (Fsp3) is 0.682. The highest BCUT2D eigenvalue weighted by Gasteiger charge is 2.53. The molecule has 2 amide bonds. The first kappa shape index (κ1) is 16.9. The minimum absolute atomic E-state index is 0.00959. The van der Waals surface area contributed by atoms with E-state index in [2.05, 4.69) is 48.7 Å². The van der Waals surface area contributed by atoms with Crippen LogP contribution in [0.5, 0.6) is 0 Å². The molecule has 4 aliphatic carbocycles. The molecule has 25 heavy (non-hydrogen) atoms. The van der Waals surface area contributed by atoms with Crippen molar-refractivity contribution in [2.24, 2.45) is 23.2 Å². The Morgan fingerprint density at radius 2 is 1.64 bits per heavy atom. The largest absolute Gasteiger partial charge is 0.338 e. The summed E-state index contributed by atoms with van der Waals surface area (Å²) in [6.45, 7) is 5.04. The monoisotopic (exact) mass is 340 g/mol. The Kier molecular flexibility index (Phi) is 4.51. The molecule has 3 nitrogen and oxygen atoms in total. The van der Waals surface area contributed by atoms with Crippen LogP contribution in [-0.4, -0.2) is 18.6 Å². The molecule has 0 radical (unpaired) electrons. The summed E-state index contributed by atoms with van der Waals surface area (Å²) in [5.74, 6) is 2.79. The first-order valence-electron chi connectivity index (χ1n) is 10.1. The number of urea groups is 1. The third-order valence-corrected chi connectivity index (χ3v) is 7.17. The lowest BCUT2D eigenvalue weighted by Crippen LogP contribution is -2.57. The second kappa shape index (κ2) is 6.66. The molecule has 1 aromatic rings. The molecule has 0 spiro atoms. The molecule has 0 aliphatic heterocycles. The molecule has 3 heteroatoms. The topological polar surface area (TPSA) is 41.1 Å². The van der Waals surface area contributed by atoms with Crippen LogP contribution < -0.4 is 10.6 Å². The van der Waals surface area contributed by atoms with Crippen LogP contribution in [0.2, 0.25) is 0 Å². The van der Waals surface area contributed by atoms with Crippen molar-refractivity contribution < 1.29 is 4.79 Å². The van der Waals surface area contributed by atoms with Gasteiger partial charge in [-0.25, -0.2) is 4.79 Å². The van der Waals surface area contributed by atoms with Gasteiger partial charge in [0.05, 0.1) is 0 Å². The molecule has 0 aromatic heterocycles. The number of nitrogens with one attached hydrogen (secondary N) is 2. The smallest absolute Gasteiger partial charge is 0.315 e. The predicted molar refractivity (Wildman–Crippen MR) is 101 cm³/mol. The summed E-state index contributed by atoms with van der Waals surface area (Å²) in [5.41, 5.74) is 2.93. The SMILES string of the molecule is Cc1ccc(CCNC(=O)NC(C)C23CC4CC(CC(C4)C2)C3)cc1. The van der Waals surface area contributed by atoms with E-state index in [4.69, 9.17) is 0 Å². The van der Waals surface area contributed by atoms with Gasteiger partial charge in [0, 0.05) is 12.6 Å². The van der Waals surface area contributed by atoms with Gasteiger partial charge in [0.2, 0.25) is 0 Å². The van der Waals surface area contributed by atoms with E-state index in [1.54, 1.807) is 0 Å². The van der Waals surface area contributed by atoms with Crippen LogP contribution in [0.25, 0.3) is 0 Å². The molecule has 136 valence electrons. The highest BCUT2D eigenvalue weighted by molar-refractivity contribution is 5.74. The molecule has 2 N–H and O–H groups in total. The van der Waals surface area contributed by atoms with Crippen LogP contribution in [0.3, 0.4) is 0 Å². The van der Waals surface area contributed by atoms with Crippen LogP contribution >= 0.6 is 0 Å². The van der Waals surface area contributed by atoms with Crippen molar-refractivity contribution in [2.75, 3.05) is 6.54 Å². The molecule has 1 atom stereocenters. The van der Waals surface area contributed by atoms with E-state index < -0.39 is 0 Å². The molecular formula is C22H32N2O. The molecule has 5 rings (SSSR count). The number of hydrogen-bond acceptors (Lipinski definition) is 1. The van der Waals surface area contributed by atoms with E-state index in [0.717, 1.165) is 24.2 Å². The average molecular weight is 341 g/mol. The first-order valence-corrected chi connectivity index (χ1v) is 10.1. The summed E-state index contributed by atoms with van der Waals surface area (Å²) in [6, 6.07) is 8.85. The second-order valence-electron chi connectivity index (χ2n) is 9.14. The Balaban J connectivity index is 1.27. The lowest BCUT2D eigenvalue weighted by Gasteiger charge is -2.59. The lowest BCUT2D eigenvalue weighted by atomic mass is 9.48. The fourth-order valence-electron chi connectivity index (χ4n) is 6.18. The van der Waals surface area contributed by atoms with Gasteiger partial charge in [-0.15, -0.1) is 0 Å². The molecule has 4 bridgehead atoms. The van der Waals surface area contributed by atoms with Crippen LogP contribution in [0.1, 0.15) is 56.6 Å². The lowest BCUT2D eigenvalue weighted by molar-refractivity contribution is -0.0682. The average Bonchev–Trinajstić information content (AvgIpc) is 2.55. The van der Waals surface area contributed by atoms with Gasteiger partial charge in [-0.3, -0.25) is 0 Å². The van der Waals surface area contributed by atoms with Crippen LogP contribution in [0.4, 0.5) is 4.79 Å². The summed E-state index contributed by atoms with van der Waals surface area (Å²) in [7, 11) is 0. The van der Waals surface area contributed by atoms with Crippen molar-refractivity contribution >= 4 is 6.03 Å². The number of rotatable bonds is 5. The molecule has 0 heterocycles. The first-order chi connectivity index (χ1) is 12.0. The van der Waals surface area contributed by atoms with Crippen LogP contribution in [0, 0.1) is 30.1 Å². The fourth-order valence-corrected chi connectivity index (χ4v) is 6.18. The van der Waals surface area contributed by atoms with E-state index in [0.29, 0.717) is 18.0 Å². The molecular weight excluding hydrogens is 308 g/mol. The normalized spacial score (nSPS) is 33.9. The summed E-state index contributed by atoms with van der Waals surface area (Å²) in [5, 5.41) is 6.34. The van der Waals surface area contributed by atoms with Crippen molar-refractivity contribution in [1.29, 1.82) is 0 Å². The van der Waals surface area contributed by atoms with E-state index >= 15 is 0 Å². The van der Waals surface area contributed by atoms with Gasteiger partial charge >= 0.3 is 6.03 Å². The van der Waals surface area contributed by atoms with E-state index in [-0.39, 0.29) is 6.03 Å². The Labute approximate surface area is 152 Å². The minimum atomic E-state index is 0.00959.